The van der Waals surface area contributed by atoms with Crippen LogP contribution >= 0.6 is 27.3 Å². The predicted octanol–water partition coefficient (Wildman–Crippen LogP) is 3.10. The van der Waals surface area contributed by atoms with E-state index < -0.39 is 5.97 Å². The third-order valence-corrected chi connectivity index (χ3v) is 5.81. The van der Waals surface area contributed by atoms with Gasteiger partial charge in [0.25, 0.3) is 5.56 Å². The highest BCUT2D eigenvalue weighted by atomic mass is 79.9. The Bertz CT molecular complexity index is 1080. The number of aromatic nitrogens is 1. The molecule has 1 aliphatic rings. The van der Waals surface area contributed by atoms with Crippen molar-refractivity contribution in [2.24, 2.45) is 4.99 Å². The average Bonchev–Trinajstić information content (AvgIpc) is 2.91. The first-order valence-electron chi connectivity index (χ1n) is 8.91. The number of ether oxygens (including phenoxy) is 1. The Kier molecular flexibility index (Phi) is 6.11. The van der Waals surface area contributed by atoms with E-state index >= 15 is 0 Å². The van der Waals surface area contributed by atoms with E-state index in [0.717, 1.165) is 22.9 Å². The number of carbonyl (C=O) groups excluding carboxylic acids is 1. The van der Waals surface area contributed by atoms with Gasteiger partial charge >= 0.3 is 5.97 Å². The molecule has 0 N–H and O–H groups in total. The molecule has 1 aromatic carbocycles. The van der Waals surface area contributed by atoms with Gasteiger partial charge in [-0.15, -0.1) is 0 Å². The summed E-state index contributed by atoms with van der Waals surface area (Å²) in [5, 5.41) is 0. The highest BCUT2D eigenvalue weighted by molar-refractivity contribution is 9.10. The molecule has 0 radical (unpaired) electrons. The Balaban J connectivity index is 2.20. The lowest BCUT2D eigenvalue weighted by molar-refractivity contribution is -0.138. The summed E-state index contributed by atoms with van der Waals surface area (Å²) in [6, 6.07) is 7.48. The van der Waals surface area contributed by atoms with Gasteiger partial charge in [0.2, 0.25) is 0 Å². The van der Waals surface area contributed by atoms with Gasteiger partial charge in [-0.1, -0.05) is 52.7 Å². The van der Waals surface area contributed by atoms with Gasteiger partial charge in [-0.05, 0) is 44.0 Å². The second-order valence-corrected chi connectivity index (χ2v) is 8.17. The molecule has 0 fully saturated rings. The molecule has 0 unspecified atom stereocenters. The summed E-state index contributed by atoms with van der Waals surface area (Å²) in [5.74, 6) is -0.390. The van der Waals surface area contributed by atoms with E-state index in [1.54, 1.807) is 13.8 Å². The van der Waals surface area contributed by atoms with Crippen LogP contribution in [-0.2, 0) is 9.53 Å². The molecule has 3 rings (SSSR count). The monoisotopic (exact) mass is 448 g/mol. The molecule has 27 heavy (non-hydrogen) atoms. The molecule has 2 aromatic rings. The minimum Gasteiger partial charge on any atom is -0.463 e. The van der Waals surface area contributed by atoms with Gasteiger partial charge in [0.1, 0.15) is 0 Å². The van der Waals surface area contributed by atoms with Crippen LogP contribution in [-0.4, -0.2) is 23.2 Å². The lowest BCUT2D eigenvalue weighted by atomic mass is 10.00. The van der Waals surface area contributed by atoms with Crippen LogP contribution in [0, 0.1) is 0 Å². The van der Waals surface area contributed by atoms with Crippen molar-refractivity contribution in [1.82, 2.24) is 4.57 Å². The second kappa shape index (κ2) is 8.35. The number of hydrogen-bond donors (Lipinski definition) is 0. The summed E-state index contributed by atoms with van der Waals surface area (Å²) >= 11 is 4.80. The minimum atomic E-state index is -0.390. The first-order valence-corrected chi connectivity index (χ1v) is 10.5. The molecule has 5 nitrogen and oxygen atoms in total. The Hall–Kier alpha value is -1.99. The van der Waals surface area contributed by atoms with Crippen LogP contribution in [0.2, 0.25) is 0 Å². The number of allylic oxidation sites excluding steroid dienone is 1. The molecule has 0 saturated heterocycles. The van der Waals surface area contributed by atoms with Gasteiger partial charge < -0.3 is 4.74 Å². The van der Waals surface area contributed by atoms with Crippen LogP contribution in [0.5, 0.6) is 0 Å². The molecule has 142 valence electrons. The van der Waals surface area contributed by atoms with Gasteiger partial charge in [-0.3, -0.25) is 9.36 Å². The van der Waals surface area contributed by atoms with Crippen LogP contribution in [0.15, 0.2) is 44.1 Å². The Morgan fingerprint density at radius 3 is 2.85 bits per heavy atom. The van der Waals surface area contributed by atoms with Crippen molar-refractivity contribution < 1.29 is 9.53 Å². The number of thiazole rings is 1. The molecule has 0 spiro atoms. The van der Waals surface area contributed by atoms with Crippen molar-refractivity contribution in [2.75, 3.05) is 6.61 Å². The molecule has 0 amide bonds. The second-order valence-electron chi connectivity index (χ2n) is 6.24. The fraction of sp³-hybridized carbons (Fsp3) is 0.350. The number of carbonyl (C=O) groups is 1. The summed E-state index contributed by atoms with van der Waals surface area (Å²) in [6.07, 6.45) is 3.48. The van der Waals surface area contributed by atoms with Crippen molar-refractivity contribution >= 4 is 45.0 Å². The summed E-state index contributed by atoms with van der Waals surface area (Å²) in [5.41, 5.74) is 1.87. The third kappa shape index (κ3) is 3.99. The van der Waals surface area contributed by atoms with Gasteiger partial charge in [0.15, 0.2) is 4.80 Å². The average molecular weight is 449 g/mol. The molecular formula is C20H21BrN2O3S. The van der Waals surface area contributed by atoms with Crippen LogP contribution in [0.25, 0.3) is 11.8 Å². The van der Waals surface area contributed by atoms with E-state index in [4.69, 9.17) is 9.73 Å². The maximum Gasteiger partial charge on any atom is 0.337 e. The Morgan fingerprint density at radius 1 is 1.41 bits per heavy atom. The van der Waals surface area contributed by atoms with Crippen LogP contribution < -0.4 is 14.9 Å². The van der Waals surface area contributed by atoms with Crippen molar-refractivity contribution in [1.29, 1.82) is 0 Å². The zero-order chi connectivity index (χ0) is 19.6. The molecule has 2 heterocycles. The van der Waals surface area contributed by atoms with E-state index in [0.29, 0.717) is 27.2 Å². The molecular weight excluding hydrogens is 428 g/mol. The maximum atomic E-state index is 13.0. The van der Waals surface area contributed by atoms with Crippen molar-refractivity contribution in [3.63, 3.8) is 0 Å². The SMILES string of the molecule is CCC[C@H]1N=c2s/c(=C\c3cccc(Br)c3)c(=O)n2C(C)=C1C(=O)OCC. The van der Waals surface area contributed by atoms with Crippen LogP contribution in [0.3, 0.4) is 0 Å². The zero-order valence-electron chi connectivity index (χ0n) is 15.5. The van der Waals surface area contributed by atoms with Gasteiger partial charge in [0, 0.05) is 10.2 Å². The van der Waals surface area contributed by atoms with Gasteiger partial charge in [-0.2, -0.15) is 0 Å². The van der Waals surface area contributed by atoms with Crippen molar-refractivity contribution in [2.45, 2.75) is 39.7 Å². The first kappa shape index (κ1) is 19.8. The highest BCUT2D eigenvalue weighted by Gasteiger charge is 2.29. The molecule has 1 atom stereocenters. The highest BCUT2D eigenvalue weighted by Crippen LogP contribution is 2.23. The zero-order valence-corrected chi connectivity index (χ0v) is 17.9. The first-order chi connectivity index (χ1) is 13.0. The molecule has 0 bridgehead atoms. The summed E-state index contributed by atoms with van der Waals surface area (Å²) < 4.78 is 8.29. The Morgan fingerprint density at radius 2 is 2.19 bits per heavy atom. The standard InChI is InChI=1S/C20H21BrN2O3S/c1-4-7-15-17(19(25)26-5-2)12(3)23-18(24)16(27-20(23)22-15)11-13-8-6-9-14(21)10-13/h6,8-11,15H,4-5,7H2,1-3H3/b16-11-/t15-/m1/s1. The van der Waals surface area contributed by atoms with Gasteiger partial charge in [-0.25, -0.2) is 9.79 Å². The molecule has 1 aliphatic heterocycles. The van der Waals surface area contributed by atoms with E-state index in [1.165, 1.54) is 15.9 Å². The molecule has 0 saturated carbocycles. The maximum absolute atomic E-state index is 13.0. The van der Waals surface area contributed by atoms with Crippen molar-refractivity contribution in [3.8, 4) is 0 Å². The third-order valence-electron chi connectivity index (χ3n) is 4.33. The number of halogens is 1. The summed E-state index contributed by atoms with van der Waals surface area (Å²) in [7, 11) is 0. The largest absolute Gasteiger partial charge is 0.463 e. The predicted molar refractivity (Wildman–Crippen MR) is 111 cm³/mol. The summed E-state index contributed by atoms with van der Waals surface area (Å²) in [6.45, 7) is 5.91. The smallest absolute Gasteiger partial charge is 0.337 e. The van der Waals surface area contributed by atoms with E-state index in [9.17, 15) is 9.59 Å². The number of benzene rings is 1. The topological polar surface area (TPSA) is 60.7 Å². The minimum absolute atomic E-state index is 0.159. The van der Waals surface area contributed by atoms with E-state index in [2.05, 4.69) is 22.9 Å². The van der Waals surface area contributed by atoms with Crippen LogP contribution in [0.4, 0.5) is 0 Å². The van der Waals surface area contributed by atoms with Crippen molar-refractivity contribution in [3.05, 3.63) is 59.6 Å². The number of nitrogens with zero attached hydrogens (tertiary/aromatic N) is 2. The lowest BCUT2D eigenvalue weighted by Crippen LogP contribution is -2.37. The number of fused-ring (bicyclic) bond motifs is 1. The number of esters is 1. The van der Waals surface area contributed by atoms with Gasteiger partial charge in [0.05, 0.1) is 22.8 Å². The quantitative estimate of drug-likeness (QED) is 0.660. The van der Waals surface area contributed by atoms with Crippen LogP contribution in [0.1, 0.15) is 39.2 Å². The fourth-order valence-electron chi connectivity index (χ4n) is 3.14. The number of rotatable bonds is 5. The molecule has 1 aromatic heterocycles. The number of hydrogen-bond acceptors (Lipinski definition) is 5. The lowest BCUT2D eigenvalue weighted by Gasteiger charge is -2.21. The normalized spacial score (nSPS) is 16.9. The molecule has 0 aliphatic carbocycles. The molecule has 7 heteroatoms. The van der Waals surface area contributed by atoms with E-state index in [1.807, 2.05) is 30.3 Å². The van der Waals surface area contributed by atoms with E-state index in [-0.39, 0.29) is 11.6 Å². The fourth-order valence-corrected chi connectivity index (χ4v) is 4.62. The Labute approximate surface area is 169 Å². The summed E-state index contributed by atoms with van der Waals surface area (Å²) in [4.78, 5) is 30.8.